The van der Waals surface area contributed by atoms with Crippen LogP contribution in [-0.2, 0) is 6.54 Å². The first-order chi connectivity index (χ1) is 8.69. The van der Waals surface area contributed by atoms with Gasteiger partial charge >= 0.3 is 0 Å². The largest absolute Gasteiger partial charge is 0.346 e. The molecule has 3 nitrogen and oxygen atoms in total. The zero-order valence-electron chi connectivity index (χ0n) is 11.5. The van der Waals surface area contributed by atoms with E-state index in [9.17, 15) is 0 Å². The van der Waals surface area contributed by atoms with Gasteiger partial charge in [0.15, 0.2) is 5.13 Å². The Hall–Kier alpha value is -0.260. The second-order valence-corrected chi connectivity index (χ2v) is 7.25. The molecular weight excluding hydrogens is 262 g/mol. The van der Waals surface area contributed by atoms with Gasteiger partial charge in [-0.2, -0.15) is 11.8 Å². The third-order valence-electron chi connectivity index (χ3n) is 3.10. The van der Waals surface area contributed by atoms with Crippen LogP contribution in [0.15, 0.2) is 5.38 Å². The number of nitrogens with one attached hydrogen (secondary N) is 1. The van der Waals surface area contributed by atoms with Crippen molar-refractivity contribution in [2.75, 3.05) is 23.7 Å². The summed E-state index contributed by atoms with van der Waals surface area (Å²) in [5, 5.41) is 7.59. The van der Waals surface area contributed by atoms with E-state index in [-0.39, 0.29) is 0 Å². The average molecular weight is 285 g/mol. The van der Waals surface area contributed by atoms with E-state index in [4.69, 9.17) is 4.98 Å². The summed E-state index contributed by atoms with van der Waals surface area (Å²) in [6.07, 6.45) is 1.26. The van der Waals surface area contributed by atoms with E-state index in [2.05, 4.69) is 48.1 Å². The van der Waals surface area contributed by atoms with Crippen molar-refractivity contribution in [3.8, 4) is 0 Å². The maximum Gasteiger partial charge on any atom is 0.185 e. The summed E-state index contributed by atoms with van der Waals surface area (Å²) in [6, 6.07) is 0.519. The summed E-state index contributed by atoms with van der Waals surface area (Å²) in [6.45, 7) is 9.80. The number of aromatic nitrogens is 1. The lowest BCUT2D eigenvalue weighted by molar-refractivity contribution is 0.582. The summed E-state index contributed by atoms with van der Waals surface area (Å²) >= 11 is 3.89. The molecule has 1 aliphatic rings. The number of thioether (sulfide) groups is 1. The smallest absolute Gasteiger partial charge is 0.185 e. The summed E-state index contributed by atoms with van der Waals surface area (Å²) < 4.78 is 0. The molecule has 2 rings (SSSR count). The van der Waals surface area contributed by atoms with Crippen molar-refractivity contribution in [2.24, 2.45) is 0 Å². The Morgan fingerprint density at radius 1 is 1.56 bits per heavy atom. The van der Waals surface area contributed by atoms with Crippen molar-refractivity contribution in [3.05, 3.63) is 11.1 Å². The van der Waals surface area contributed by atoms with Crippen LogP contribution in [-0.4, -0.2) is 35.1 Å². The minimum atomic E-state index is 0.519. The van der Waals surface area contributed by atoms with Crippen LogP contribution >= 0.6 is 23.1 Å². The van der Waals surface area contributed by atoms with Crippen LogP contribution in [0, 0.1) is 0 Å². The van der Waals surface area contributed by atoms with Crippen LogP contribution < -0.4 is 10.2 Å². The van der Waals surface area contributed by atoms with Gasteiger partial charge in [-0.05, 0) is 6.42 Å². The third-order valence-corrected chi connectivity index (χ3v) is 5.42. The lowest BCUT2D eigenvalue weighted by Gasteiger charge is -2.31. The molecule has 1 fully saturated rings. The summed E-state index contributed by atoms with van der Waals surface area (Å²) in [7, 11) is 0. The van der Waals surface area contributed by atoms with Gasteiger partial charge in [-0.3, -0.25) is 0 Å². The number of nitrogens with zero attached hydrogens (tertiary/aromatic N) is 2. The monoisotopic (exact) mass is 285 g/mol. The zero-order valence-corrected chi connectivity index (χ0v) is 13.1. The van der Waals surface area contributed by atoms with Gasteiger partial charge in [0.1, 0.15) is 0 Å². The Morgan fingerprint density at radius 3 is 3.11 bits per heavy atom. The molecule has 0 saturated carbocycles. The molecule has 1 N–H and O–H groups in total. The standard InChI is InChI=1S/C13H23N3S2/c1-4-12-8-16(5-6-17-12)13-15-11(9-18-13)7-14-10(2)3/h9-10,12,14H,4-8H2,1-3H3. The van der Waals surface area contributed by atoms with Crippen LogP contribution in [0.2, 0.25) is 0 Å². The third kappa shape index (κ3) is 3.87. The number of hydrogen-bond acceptors (Lipinski definition) is 5. The maximum absolute atomic E-state index is 4.75. The highest BCUT2D eigenvalue weighted by Gasteiger charge is 2.21. The van der Waals surface area contributed by atoms with Gasteiger partial charge in [0.25, 0.3) is 0 Å². The molecule has 0 bridgehead atoms. The van der Waals surface area contributed by atoms with E-state index in [0.29, 0.717) is 6.04 Å². The fraction of sp³-hybridized carbons (Fsp3) is 0.769. The first kappa shape index (κ1) is 14.2. The van der Waals surface area contributed by atoms with E-state index >= 15 is 0 Å². The van der Waals surface area contributed by atoms with E-state index in [0.717, 1.165) is 24.9 Å². The summed E-state index contributed by atoms with van der Waals surface area (Å²) in [5.41, 5.74) is 1.18. The fourth-order valence-corrected chi connectivity index (χ4v) is 4.01. The molecule has 1 saturated heterocycles. The Kier molecular flexibility index (Phi) is 5.33. The molecule has 0 spiro atoms. The molecule has 0 amide bonds. The van der Waals surface area contributed by atoms with Gasteiger partial charge in [0, 0.05) is 42.1 Å². The normalized spacial score (nSPS) is 20.7. The quantitative estimate of drug-likeness (QED) is 0.900. The van der Waals surface area contributed by atoms with E-state index < -0.39 is 0 Å². The van der Waals surface area contributed by atoms with Gasteiger partial charge in [-0.15, -0.1) is 11.3 Å². The minimum Gasteiger partial charge on any atom is -0.346 e. The van der Waals surface area contributed by atoms with Crippen molar-refractivity contribution in [2.45, 2.75) is 45.0 Å². The first-order valence-electron chi connectivity index (χ1n) is 6.73. The predicted molar refractivity (Wildman–Crippen MR) is 82.8 cm³/mol. The molecular formula is C13H23N3S2. The predicted octanol–water partition coefficient (Wildman–Crippen LogP) is 2.97. The highest BCUT2D eigenvalue weighted by molar-refractivity contribution is 8.00. The molecule has 2 heterocycles. The molecule has 1 aliphatic heterocycles. The molecule has 102 valence electrons. The lowest BCUT2D eigenvalue weighted by Crippen LogP contribution is -2.37. The van der Waals surface area contributed by atoms with Gasteiger partial charge in [-0.25, -0.2) is 4.98 Å². The maximum atomic E-state index is 4.75. The van der Waals surface area contributed by atoms with Crippen LogP contribution in [0.4, 0.5) is 5.13 Å². The second-order valence-electron chi connectivity index (χ2n) is 5.00. The molecule has 0 aromatic carbocycles. The average Bonchev–Trinajstić information content (AvgIpc) is 2.85. The van der Waals surface area contributed by atoms with Crippen molar-refractivity contribution in [1.82, 2.24) is 10.3 Å². The van der Waals surface area contributed by atoms with E-state index in [1.807, 2.05) is 0 Å². The number of rotatable bonds is 5. The number of hydrogen-bond donors (Lipinski definition) is 1. The van der Waals surface area contributed by atoms with Crippen molar-refractivity contribution < 1.29 is 0 Å². The van der Waals surface area contributed by atoms with Crippen LogP contribution in [0.3, 0.4) is 0 Å². The molecule has 1 aromatic heterocycles. The SMILES string of the molecule is CCC1CN(c2nc(CNC(C)C)cs2)CCS1. The second kappa shape index (κ2) is 6.78. The van der Waals surface area contributed by atoms with Crippen molar-refractivity contribution >= 4 is 28.2 Å². The molecule has 0 aliphatic carbocycles. The van der Waals surface area contributed by atoms with E-state index in [1.165, 1.54) is 23.0 Å². The number of anilines is 1. The van der Waals surface area contributed by atoms with Gasteiger partial charge < -0.3 is 10.2 Å². The number of thiazole rings is 1. The topological polar surface area (TPSA) is 28.2 Å². The first-order valence-corrected chi connectivity index (χ1v) is 8.66. The van der Waals surface area contributed by atoms with Crippen LogP contribution in [0.25, 0.3) is 0 Å². The van der Waals surface area contributed by atoms with Crippen molar-refractivity contribution in [1.29, 1.82) is 0 Å². The van der Waals surface area contributed by atoms with Gasteiger partial charge in [0.2, 0.25) is 0 Å². The van der Waals surface area contributed by atoms with Crippen LogP contribution in [0.5, 0.6) is 0 Å². The Morgan fingerprint density at radius 2 is 2.39 bits per heavy atom. The molecule has 18 heavy (non-hydrogen) atoms. The van der Waals surface area contributed by atoms with Crippen molar-refractivity contribution in [3.63, 3.8) is 0 Å². The summed E-state index contributed by atoms with van der Waals surface area (Å²) in [4.78, 5) is 7.20. The molecule has 1 unspecified atom stereocenters. The lowest BCUT2D eigenvalue weighted by atomic mass is 10.3. The van der Waals surface area contributed by atoms with E-state index in [1.54, 1.807) is 11.3 Å². The van der Waals surface area contributed by atoms with Gasteiger partial charge in [0.05, 0.1) is 5.69 Å². The Bertz CT molecular complexity index is 365. The summed E-state index contributed by atoms with van der Waals surface area (Å²) in [5.74, 6) is 1.23. The fourth-order valence-electron chi connectivity index (χ4n) is 1.97. The highest BCUT2D eigenvalue weighted by atomic mass is 32.2. The van der Waals surface area contributed by atoms with Crippen LogP contribution in [0.1, 0.15) is 32.9 Å². The molecule has 5 heteroatoms. The Balaban J connectivity index is 1.92. The minimum absolute atomic E-state index is 0.519. The van der Waals surface area contributed by atoms with Gasteiger partial charge in [-0.1, -0.05) is 20.8 Å². The molecule has 1 aromatic rings. The Labute approximate surface area is 118 Å². The highest BCUT2D eigenvalue weighted by Crippen LogP contribution is 2.28. The molecule has 0 radical (unpaired) electrons. The zero-order chi connectivity index (χ0) is 13.0. The molecule has 1 atom stereocenters.